The summed E-state index contributed by atoms with van der Waals surface area (Å²) in [6.45, 7) is 5.34. The smallest absolute Gasteiger partial charge is 0.306 e. The van der Waals surface area contributed by atoms with Crippen LogP contribution in [0.25, 0.3) is 11.0 Å². The summed E-state index contributed by atoms with van der Waals surface area (Å²) < 4.78 is 11.4. The van der Waals surface area contributed by atoms with Crippen molar-refractivity contribution < 1.29 is 18.7 Å². The molecule has 0 bridgehead atoms. The van der Waals surface area contributed by atoms with Crippen molar-refractivity contribution in [2.24, 2.45) is 11.7 Å². The zero-order chi connectivity index (χ0) is 23.3. The van der Waals surface area contributed by atoms with E-state index in [1.54, 1.807) is 0 Å². The molecule has 1 saturated heterocycles. The van der Waals surface area contributed by atoms with Crippen LogP contribution in [0.1, 0.15) is 82.6 Å². The molecule has 1 aliphatic heterocycles. The molecule has 6 heteroatoms. The predicted octanol–water partition coefficient (Wildman–Crippen LogP) is 5.15. The Morgan fingerprint density at radius 2 is 1.88 bits per heavy atom. The topological polar surface area (TPSA) is 85.8 Å². The van der Waals surface area contributed by atoms with Gasteiger partial charge in [-0.05, 0) is 88.9 Å². The van der Waals surface area contributed by atoms with E-state index in [9.17, 15) is 9.59 Å². The molecular weight excluding hydrogens is 416 g/mol. The highest BCUT2D eigenvalue weighted by molar-refractivity contribution is 5.86. The van der Waals surface area contributed by atoms with Gasteiger partial charge in [0.15, 0.2) is 5.60 Å². The number of ether oxygens (including phenoxy) is 1. The predicted molar refractivity (Wildman–Crippen MR) is 129 cm³/mol. The standard InChI is InChI=1S/C27H38N2O4/c1-2-3-8-25(30)33-27(26(28)31)14-9-20(10-15-27)11-16-29-17-12-21(13-18-29)23-19-32-24-7-5-4-6-22(23)24/h4-7,19-21H,2-3,8-18H2,1H3,(H2,28,31). The molecule has 0 unspecified atom stereocenters. The number of benzene rings is 1. The number of hydrogen-bond acceptors (Lipinski definition) is 5. The minimum absolute atomic E-state index is 0.289. The number of primary amides is 1. The highest BCUT2D eigenvalue weighted by Gasteiger charge is 2.43. The van der Waals surface area contributed by atoms with Gasteiger partial charge in [0.1, 0.15) is 5.58 Å². The Hall–Kier alpha value is -2.34. The first-order valence-electron chi connectivity index (χ1n) is 12.7. The van der Waals surface area contributed by atoms with Gasteiger partial charge in [0.2, 0.25) is 0 Å². The Balaban J connectivity index is 1.22. The maximum absolute atomic E-state index is 12.1. The van der Waals surface area contributed by atoms with Crippen molar-refractivity contribution in [1.82, 2.24) is 4.90 Å². The first-order valence-corrected chi connectivity index (χ1v) is 12.7. The minimum Gasteiger partial charge on any atom is -0.464 e. The third kappa shape index (κ3) is 5.60. The SMILES string of the molecule is CCCCC(=O)OC1(C(N)=O)CCC(CCN2CCC(c3coc4ccccc34)CC2)CC1. The minimum atomic E-state index is -1.09. The van der Waals surface area contributed by atoms with Gasteiger partial charge in [-0.25, -0.2) is 0 Å². The molecule has 6 nitrogen and oxygen atoms in total. The van der Waals surface area contributed by atoms with Crippen molar-refractivity contribution in [3.8, 4) is 0 Å². The van der Waals surface area contributed by atoms with E-state index >= 15 is 0 Å². The van der Waals surface area contributed by atoms with E-state index in [2.05, 4.69) is 17.0 Å². The zero-order valence-corrected chi connectivity index (χ0v) is 19.9. The van der Waals surface area contributed by atoms with Gasteiger partial charge in [-0.15, -0.1) is 0 Å². The summed E-state index contributed by atoms with van der Waals surface area (Å²) >= 11 is 0. The quantitative estimate of drug-likeness (QED) is 0.530. The van der Waals surface area contributed by atoms with Gasteiger partial charge >= 0.3 is 5.97 Å². The van der Waals surface area contributed by atoms with Crippen LogP contribution in [-0.4, -0.2) is 42.0 Å². The fourth-order valence-electron chi connectivity index (χ4n) is 5.57. The number of hydrogen-bond donors (Lipinski definition) is 1. The number of piperidine rings is 1. The van der Waals surface area contributed by atoms with Gasteiger partial charge < -0.3 is 19.8 Å². The number of nitrogens with two attached hydrogens (primary N) is 1. The van der Waals surface area contributed by atoms with Gasteiger partial charge in [0.05, 0.1) is 6.26 Å². The van der Waals surface area contributed by atoms with Gasteiger partial charge in [-0.2, -0.15) is 0 Å². The van der Waals surface area contributed by atoms with E-state index in [0.29, 0.717) is 31.1 Å². The fourth-order valence-corrected chi connectivity index (χ4v) is 5.57. The lowest BCUT2D eigenvalue weighted by Gasteiger charge is -2.38. The van der Waals surface area contributed by atoms with Crippen molar-refractivity contribution in [2.45, 2.75) is 82.7 Å². The van der Waals surface area contributed by atoms with Crippen LogP contribution in [0.5, 0.6) is 0 Å². The molecule has 2 fully saturated rings. The number of carbonyl (C=O) groups is 2. The molecule has 2 N–H and O–H groups in total. The van der Waals surface area contributed by atoms with Crippen LogP contribution in [0, 0.1) is 5.92 Å². The number of esters is 1. The molecule has 33 heavy (non-hydrogen) atoms. The second-order valence-corrected chi connectivity index (χ2v) is 9.97. The van der Waals surface area contributed by atoms with Crippen molar-refractivity contribution in [3.63, 3.8) is 0 Å². The van der Waals surface area contributed by atoms with Crippen molar-refractivity contribution in [1.29, 1.82) is 0 Å². The molecule has 0 atom stereocenters. The Bertz CT molecular complexity index is 936. The van der Waals surface area contributed by atoms with E-state index in [4.69, 9.17) is 14.9 Å². The summed E-state index contributed by atoms with van der Waals surface area (Å²) in [5.41, 5.74) is 6.92. The fraction of sp³-hybridized carbons (Fsp3) is 0.630. The monoisotopic (exact) mass is 454 g/mol. The van der Waals surface area contributed by atoms with Crippen molar-refractivity contribution in [2.75, 3.05) is 19.6 Å². The molecule has 0 radical (unpaired) electrons. The van der Waals surface area contributed by atoms with E-state index < -0.39 is 11.5 Å². The molecular formula is C27H38N2O4. The largest absolute Gasteiger partial charge is 0.464 e. The summed E-state index contributed by atoms with van der Waals surface area (Å²) in [7, 11) is 0. The lowest BCUT2D eigenvalue weighted by Crippen LogP contribution is -2.50. The Kier molecular flexibility index (Phi) is 7.74. The number of furan rings is 1. The molecule has 4 rings (SSSR count). The normalized spacial score (nSPS) is 24.7. The lowest BCUT2D eigenvalue weighted by molar-refractivity contribution is -0.172. The van der Waals surface area contributed by atoms with E-state index in [-0.39, 0.29) is 5.97 Å². The first-order chi connectivity index (χ1) is 16.0. The summed E-state index contributed by atoms with van der Waals surface area (Å²) in [5.74, 6) is 0.350. The van der Waals surface area contributed by atoms with Crippen molar-refractivity contribution in [3.05, 3.63) is 36.1 Å². The highest BCUT2D eigenvalue weighted by atomic mass is 16.6. The maximum atomic E-state index is 12.1. The number of amides is 1. The van der Waals surface area contributed by atoms with Crippen LogP contribution in [0.2, 0.25) is 0 Å². The van der Waals surface area contributed by atoms with Crippen LogP contribution in [0.4, 0.5) is 0 Å². The number of para-hydroxylation sites is 1. The third-order valence-corrected chi connectivity index (χ3v) is 7.80. The lowest BCUT2D eigenvalue weighted by atomic mass is 9.77. The Morgan fingerprint density at radius 3 is 2.58 bits per heavy atom. The van der Waals surface area contributed by atoms with Crippen LogP contribution in [0.15, 0.2) is 34.9 Å². The average Bonchev–Trinajstić information content (AvgIpc) is 3.27. The van der Waals surface area contributed by atoms with Crippen LogP contribution >= 0.6 is 0 Å². The second kappa shape index (κ2) is 10.7. The number of nitrogens with zero attached hydrogens (tertiary/aromatic N) is 1. The third-order valence-electron chi connectivity index (χ3n) is 7.80. The van der Waals surface area contributed by atoms with Gasteiger partial charge in [-0.3, -0.25) is 9.59 Å². The van der Waals surface area contributed by atoms with E-state index in [1.165, 1.54) is 10.9 Å². The number of fused-ring (bicyclic) bond motifs is 1. The van der Waals surface area contributed by atoms with Gasteiger partial charge in [0, 0.05) is 17.4 Å². The summed E-state index contributed by atoms with van der Waals surface area (Å²) in [5, 5.41) is 1.26. The molecule has 2 heterocycles. The second-order valence-electron chi connectivity index (χ2n) is 9.97. The molecule has 1 aromatic heterocycles. The first kappa shape index (κ1) is 23.8. The Morgan fingerprint density at radius 1 is 1.15 bits per heavy atom. The molecule has 2 aromatic rings. The van der Waals surface area contributed by atoms with Crippen LogP contribution in [-0.2, 0) is 14.3 Å². The average molecular weight is 455 g/mol. The molecule has 1 amide bonds. The van der Waals surface area contributed by atoms with Gasteiger partial charge in [0.25, 0.3) is 5.91 Å². The van der Waals surface area contributed by atoms with Crippen LogP contribution in [0.3, 0.4) is 0 Å². The molecule has 1 aliphatic carbocycles. The molecule has 1 saturated carbocycles. The zero-order valence-electron chi connectivity index (χ0n) is 19.9. The molecule has 2 aliphatic rings. The summed E-state index contributed by atoms with van der Waals surface area (Å²) in [6, 6.07) is 8.31. The maximum Gasteiger partial charge on any atom is 0.306 e. The Labute approximate surface area is 196 Å². The van der Waals surface area contributed by atoms with E-state index in [0.717, 1.165) is 70.2 Å². The number of unbranched alkanes of at least 4 members (excludes halogenated alkanes) is 1. The van der Waals surface area contributed by atoms with Crippen LogP contribution < -0.4 is 5.73 Å². The highest BCUT2D eigenvalue weighted by Crippen LogP contribution is 2.38. The number of carbonyl (C=O) groups excluding carboxylic acids is 2. The van der Waals surface area contributed by atoms with Crippen molar-refractivity contribution >= 4 is 22.8 Å². The van der Waals surface area contributed by atoms with E-state index in [1.807, 2.05) is 25.3 Å². The molecule has 1 aromatic carbocycles. The number of rotatable bonds is 9. The summed E-state index contributed by atoms with van der Waals surface area (Å²) in [6.07, 6.45) is 10.4. The molecule has 180 valence electrons. The summed E-state index contributed by atoms with van der Waals surface area (Å²) in [4.78, 5) is 26.8. The van der Waals surface area contributed by atoms with Gasteiger partial charge in [-0.1, -0.05) is 31.5 Å². The molecule has 0 spiro atoms. The number of likely N-dealkylation sites (tertiary alicyclic amines) is 1.